The SMILES string of the molecule is Cc1ccc(-n2cc(CN3CCN[C@H](C(=O)N4CCCC4)C3)cn2)cc1C. The van der Waals surface area contributed by atoms with Crippen molar-refractivity contribution in [3.05, 3.63) is 47.3 Å². The molecule has 2 saturated heterocycles. The first-order chi connectivity index (χ1) is 13.1. The maximum atomic E-state index is 12.7. The molecule has 0 unspecified atom stereocenters. The van der Waals surface area contributed by atoms with Gasteiger partial charge in [0.1, 0.15) is 0 Å². The summed E-state index contributed by atoms with van der Waals surface area (Å²) in [7, 11) is 0. The molecule has 27 heavy (non-hydrogen) atoms. The van der Waals surface area contributed by atoms with Gasteiger partial charge in [0.25, 0.3) is 0 Å². The Morgan fingerprint density at radius 2 is 2.00 bits per heavy atom. The van der Waals surface area contributed by atoms with Gasteiger partial charge in [-0.2, -0.15) is 5.10 Å². The van der Waals surface area contributed by atoms with Gasteiger partial charge in [-0.05, 0) is 49.9 Å². The maximum Gasteiger partial charge on any atom is 0.241 e. The number of benzene rings is 1. The minimum absolute atomic E-state index is 0.0772. The molecule has 1 N–H and O–H groups in total. The Hall–Kier alpha value is -2.18. The summed E-state index contributed by atoms with van der Waals surface area (Å²) in [5, 5.41) is 7.94. The average Bonchev–Trinajstić information content (AvgIpc) is 3.36. The van der Waals surface area contributed by atoms with Crippen LogP contribution in [0.15, 0.2) is 30.6 Å². The number of amides is 1. The fraction of sp³-hybridized carbons (Fsp3) is 0.524. The number of hydrogen-bond donors (Lipinski definition) is 1. The zero-order valence-electron chi connectivity index (χ0n) is 16.3. The zero-order valence-corrected chi connectivity index (χ0v) is 16.3. The van der Waals surface area contributed by atoms with E-state index >= 15 is 0 Å². The maximum absolute atomic E-state index is 12.7. The molecular weight excluding hydrogens is 338 g/mol. The molecule has 1 amide bonds. The molecule has 1 atom stereocenters. The molecule has 6 heteroatoms. The zero-order chi connectivity index (χ0) is 18.8. The highest BCUT2D eigenvalue weighted by Gasteiger charge is 2.30. The molecule has 0 aliphatic carbocycles. The van der Waals surface area contributed by atoms with Gasteiger partial charge < -0.3 is 10.2 Å². The van der Waals surface area contributed by atoms with E-state index in [1.54, 1.807) is 0 Å². The number of aromatic nitrogens is 2. The van der Waals surface area contributed by atoms with Crippen LogP contribution in [-0.2, 0) is 11.3 Å². The van der Waals surface area contributed by atoms with Crippen molar-refractivity contribution in [2.75, 3.05) is 32.7 Å². The Bertz CT molecular complexity index is 809. The number of aryl methyl sites for hydroxylation is 2. The van der Waals surface area contributed by atoms with Crippen LogP contribution in [0.1, 0.15) is 29.5 Å². The number of rotatable bonds is 4. The molecule has 3 heterocycles. The molecule has 1 aromatic carbocycles. The number of carbonyl (C=O) groups excluding carboxylic acids is 1. The van der Waals surface area contributed by atoms with Crippen LogP contribution in [0.25, 0.3) is 5.69 Å². The molecule has 6 nitrogen and oxygen atoms in total. The summed E-state index contributed by atoms with van der Waals surface area (Å²) < 4.78 is 1.94. The molecule has 2 aliphatic heterocycles. The summed E-state index contributed by atoms with van der Waals surface area (Å²) in [6.07, 6.45) is 6.32. The fourth-order valence-electron chi connectivity index (χ4n) is 3.99. The van der Waals surface area contributed by atoms with E-state index in [0.29, 0.717) is 0 Å². The number of nitrogens with one attached hydrogen (secondary N) is 1. The Labute approximate surface area is 161 Å². The summed E-state index contributed by atoms with van der Waals surface area (Å²) in [5.41, 5.74) is 4.84. The first-order valence-corrected chi connectivity index (χ1v) is 9.96. The van der Waals surface area contributed by atoms with Crippen molar-refractivity contribution >= 4 is 5.91 Å². The third kappa shape index (κ3) is 4.06. The summed E-state index contributed by atoms with van der Waals surface area (Å²) in [5.74, 6) is 0.267. The van der Waals surface area contributed by atoms with Crippen LogP contribution in [0.5, 0.6) is 0 Å². The standard InChI is InChI=1S/C21H29N5O/c1-16-5-6-19(11-17(16)2)26-14-18(12-23-26)13-24-10-7-22-20(15-24)21(27)25-8-3-4-9-25/h5-6,11-12,14,20,22H,3-4,7-10,13,15H2,1-2H3/t20-/m0/s1. The Morgan fingerprint density at radius 1 is 1.19 bits per heavy atom. The molecule has 144 valence electrons. The summed E-state index contributed by atoms with van der Waals surface area (Å²) in [6.45, 7) is 9.49. The molecule has 0 radical (unpaired) electrons. The minimum atomic E-state index is -0.0772. The van der Waals surface area contributed by atoms with Gasteiger partial charge in [0.15, 0.2) is 0 Å². The Balaban J connectivity index is 1.39. The van der Waals surface area contributed by atoms with E-state index in [9.17, 15) is 4.79 Å². The van der Waals surface area contributed by atoms with Crippen LogP contribution in [0, 0.1) is 13.8 Å². The van der Waals surface area contributed by atoms with Crippen molar-refractivity contribution < 1.29 is 4.79 Å². The van der Waals surface area contributed by atoms with E-state index in [4.69, 9.17) is 0 Å². The summed E-state index contributed by atoms with van der Waals surface area (Å²) >= 11 is 0. The van der Waals surface area contributed by atoms with Gasteiger partial charge in [0, 0.05) is 51.0 Å². The van der Waals surface area contributed by atoms with Crippen LogP contribution in [0.3, 0.4) is 0 Å². The monoisotopic (exact) mass is 367 g/mol. The first-order valence-electron chi connectivity index (χ1n) is 9.96. The van der Waals surface area contributed by atoms with Gasteiger partial charge in [0.2, 0.25) is 5.91 Å². The molecular formula is C21H29N5O. The second-order valence-corrected chi connectivity index (χ2v) is 7.84. The molecule has 0 saturated carbocycles. The van der Waals surface area contributed by atoms with E-state index in [1.165, 1.54) is 16.7 Å². The Morgan fingerprint density at radius 3 is 2.78 bits per heavy atom. The van der Waals surface area contributed by atoms with Crippen LogP contribution >= 0.6 is 0 Å². The Kier molecular flexibility index (Phi) is 5.27. The third-order valence-electron chi connectivity index (χ3n) is 5.77. The third-order valence-corrected chi connectivity index (χ3v) is 5.77. The molecule has 0 spiro atoms. The van der Waals surface area contributed by atoms with Crippen molar-refractivity contribution in [1.29, 1.82) is 0 Å². The molecule has 2 aliphatic rings. The number of likely N-dealkylation sites (tertiary alicyclic amines) is 1. The lowest BCUT2D eigenvalue weighted by atomic mass is 10.1. The lowest BCUT2D eigenvalue weighted by Gasteiger charge is -2.34. The van der Waals surface area contributed by atoms with Gasteiger partial charge in [-0.1, -0.05) is 6.07 Å². The van der Waals surface area contributed by atoms with Crippen molar-refractivity contribution in [3.8, 4) is 5.69 Å². The van der Waals surface area contributed by atoms with Crippen molar-refractivity contribution in [2.24, 2.45) is 0 Å². The predicted molar refractivity (Wildman–Crippen MR) is 106 cm³/mol. The van der Waals surface area contributed by atoms with Crippen molar-refractivity contribution in [2.45, 2.75) is 39.3 Å². The molecule has 0 bridgehead atoms. The minimum Gasteiger partial charge on any atom is -0.341 e. The normalized spacial score (nSPS) is 21.0. The highest BCUT2D eigenvalue weighted by molar-refractivity contribution is 5.82. The highest BCUT2D eigenvalue weighted by atomic mass is 16.2. The lowest BCUT2D eigenvalue weighted by Crippen LogP contribution is -2.57. The second-order valence-electron chi connectivity index (χ2n) is 7.84. The van der Waals surface area contributed by atoms with Gasteiger partial charge in [-0.3, -0.25) is 9.69 Å². The van der Waals surface area contributed by atoms with Crippen LogP contribution < -0.4 is 5.32 Å². The topological polar surface area (TPSA) is 53.4 Å². The number of carbonyl (C=O) groups is 1. The number of nitrogens with zero attached hydrogens (tertiary/aromatic N) is 4. The molecule has 1 aromatic heterocycles. The van der Waals surface area contributed by atoms with E-state index in [2.05, 4.69) is 53.6 Å². The van der Waals surface area contributed by atoms with Crippen LogP contribution in [0.2, 0.25) is 0 Å². The molecule has 4 rings (SSSR count). The van der Waals surface area contributed by atoms with E-state index in [1.807, 2.05) is 15.8 Å². The molecule has 2 aromatic rings. The lowest BCUT2D eigenvalue weighted by molar-refractivity contribution is -0.133. The average molecular weight is 367 g/mol. The van der Waals surface area contributed by atoms with Gasteiger partial charge in [0.05, 0.1) is 17.9 Å². The number of piperazine rings is 1. The van der Waals surface area contributed by atoms with Crippen LogP contribution in [0.4, 0.5) is 0 Å². The van der Waals surface area contributed by atoms with Gasteiger partial charge >= 0.3 is 0 Å². The first kappa shape index (κ1) is 18.2. The van der Waals surface area contributed by atoms with E-state index in [0.717, 1.165) is 57.8 Å². The van der Waals surface area contributed by atoms with E-state index < -0.39 is 0 Å². The largest absolute Gasteiger partial charge is 0.341 e. The summed E-state index contributed by atoms with van der Waals surface area (Å²) in [4.78, 5) is 17.0. The van der Waals surface area contributed by atoms with Crippen molar-refractivity contribution in [3.63, 3.8) is 0 Å². The predicted octanol–water partition coefficient (Wildman–Crippen LogP) is 1.89. The molecule has 2 fully saturated rings. The number of hydrogen-bond acceptors (Lipinski definition) is 4. The van der Waals surface area contributed by atoms with Gasteiger partial charge in [-0.15, -0.1) is 0 Å². The fourth-order valence-corrected chi connectivity index (χ4v) is 3.99. The highest BCUT2D eigenvalue weighted by Crippen LogP contribution is 2.16. The van der Waals surface area contributed by atoms with Crippen LogP contribution in [-0.4, -0.2) is 64.3 Å². The smallest absolute Gasteiger partial charge is 0.241 e. The van der Waals surface area contributed by atoms with Gasteiger partial charge in [-0.25, -0.2) is 4.68 Å². The van der Waals surface area contributed by atoms with E-state index in [-0.39, 0.29) is 11.9 Å². The summed E-state index contributed by atoms with van der Waals surface area (Å²) in [6, 6.07) is 6.33. The van der Waals surface area contributed by atoms with Crippen molar-refractivity contribution in [1.82, 2.24) is 24.9 Å². The quantitative estimate of drug-likeness (QED) is 0.897. The second kappa shape index (κ2) is 7.82.